The van der Waals surface area contributed by atoms with Crippen molar-refractivity contribution >= 4 is 114 Å². The Morgan fingerprint density at radius 3 is 1.01 bits per heavy atom. The normalized spacial score (nSPS) is 16.2. The van der Waals surface area contributed by atoms with Crippen molar-refractivity contribution in [3.63, 3.8) is 0 Å². The predicted molar refractivity (Wildman–Crippen MR) is 430 cm³/mol. The first-order chi connectivity index (χ1) is 56.4. The zero-order valence-corrected chi connectivity index (χ0v) is 58.4. The highest BCUT2D eigenvalue weighted by molar-refractivity contribution is 7.05. The number of para-hydroxylation sites is 4. The van der Waals surface area contributed by atoms with Crippen LogP contribution in [0.15, 0.2) is 285 Å². The summed E-state index contributed by atoms with van der Waals surface area (Å²) in [5.74, 6) is 0. The summed E-state index contributed by atoms with van der Waals surface area (Å²) in [4.78, 5) is 4.04. The third-order valence-corrected chi connectivity index (χ3v) is 21.5. The van der Waals surface area contributed by atoms with E-state index in [0.29, 0.717) is 61.2 Å². The first-order valence-electron chi connectivity index (χ1n) is 44.2. The molecule has 17 rings (SSSR count). The molecular weight excluding hydrogens is 1210 g/mol. The van der Waals surface area contributed by atoms with Crippen LogP contribution in [0.25, 0.3) is 99.5 Å². The highest BCUT2D eigenvalue weighted by atomic mass is 28.3. The molecule has 0 N–H and O–H groups in total. The lowest BCUT2D eigenvalue weighted by Crippen LogP contribution is -2.67. The molecule has 0 unspecified atom stereocenters. The average Bonchev–Trinajstić information content (AvgIpc) is 0.803. The second-order valence-corrected chi connectivity index (χ2v) is 35.1. The summed E-state index contributed by atoms with van der Waals surface area (Å²) in [5.41, 5.74) is 6.49. The van der Waals surface area contributed by atoms with Crippen LogP contribution >= 0.6 is 0 Å². The van der Waals surface area contributed by atoms with E-state index in [4.69, 9.17) is 2.74 Å². The number of aromatic nitrogens is 2. The van der Waals surface area contributed by atoms with E-state index in [-0.39, 0.29) is 77.6 Å². The Morgan fingerprint density at radius 2 is 0.657 bits per heavy atom. The Kier molecular flexibility index (Phi) is 9.96. The van der Waals surface area contributed by atoms with Crippen LogP contribution in [0, 0.1) is 0 Å². The minimum absolute atomic E-state index is 0.00445. The zero-order chi connectivity index (χ0) is 86.3. The molecular formula is C93H83BN4Si. The lowest BCUT2D eigenvalue weighted by Gasteiger charge is -2.48. The first kappa shape index (κ1) is 42.9. The molecule has 0 saturated carbocycles. The van der Waals surface area contributed by atoms with Crippen LogP contribution in [-0.2, 0) is 16.2 Å². The fourth-order valence-electron chi connectivity index (χ4n) is 14.7. The molecule has 0 radical (unpaired) electrons. The van der Waals surface area contributed by atoms with Gasteiger partial charge in [0, 0.05) is 77.9 Å². The Hall–Kier alpha value is -10.7. The van der Waals surface area contributed by atoms with Gasteiger partial charge in [-0.15, -0.1) is 0 Å². The van der Waals surface area contributed by atoms with Crippen LogP contribution in [-0.4, -0.2) is 23.9 Å². The van der Waals surface area contributed by atoms with Gasteiger partial charge in [0.2, 0.25) is 0 Å². The summed E-state index contributed by atoms with van der Waals surface area (Å²) < 4.78 is 213. The van der Waals surface area contributed by atoms with Gasteiger partial charge in [0.15, 0.2) is 0 Å². The molecule has 0 spiro atoms. The second-order valence-electron chi connectivity index (χ2n) is 30.1. The third-order valence-electron chi connectivity index (χ3n) is 19.6. The SMILES string of the molecule is [2H]c1c([2H])c(-n2c3c([2H])c([2H])c([2H])c([2H])c3c3c([2H])c([2H])c([2H])c([2H])c32)c([2H])c2c1B1c3c(cc(C(C)(C)C)cc3N(c3c(-c4ccccc4)cc(C(C)(C)C)cc3-c3ccccc3)c3c([2H])c(-n4c5c([2H])c([2H])c([2H])c([2H])c5c5c([2H])c([2H])c([2H])c([2H])c54)c([2H])c([Si](C)(C)C)c31)N2c1c(-c2ccccc2)cc(C(C)(C)C)cc1-c1ccccc1. The standard InChI is InChI=1S/C93H83BN4Si/c1-91(2,3)64-51-73(60-33-17-13-18-34-60)89(74(52-64)61-35-19-14-20-36-61)97-82-57-67(95-78-45-29-25-41-69(78)70-42-26-30-46-79(70)95)49-50-77(82)94-87-83(97)55-66(93(7,8)9)56-84(87)98(90-75(62-37-21-15-22-38-62)53-65(92(4,5)6)54-76(90)63-39-23-16-24-40-63)85-58-68(59-86(88(85)94)99(10,11)12)96-80-47-31-27-43-71(80)72-44-28-32-48-81(72)96/h13-59H,1-12H3/i25D,26D,27D,28D,29D,30D,31D,32D,41D,42D,43D,44D,45D,46D,47D,48D,49D,50D,57D,58D,59D. The Bertz CT molecular complexity index is 6730. The van der Waals surface area contributed by atoms with Gasteiger partial charge in [-0.2, -0.15) is 0 Å². The van der Waals surface area contributed by atoms with E-state index >= 15 is 0 Å². The lowest BCUT2D eigenvalue weighted by molar-refractivity contribution is 0.590. The van der Waals surface area contributed by atoms with Gasteiger partial charge >= 0.3 is 0 Å². The molecule has 0 bridgehead atoms. The summed E-state index contributed by atoms with van der Waals surface area (Å²) in [7, 11) is -3.55. The van der Waals surface area contributed by atoms with Gasteiger partial charge < -0.3 is 18.9 Å². The van der Waals surface area contributed by atoms with Crippen LogP contribution in [0.3, 0.4) is 0 Å². The molecule has 4 nitrogen and oxygen atoms in total. The molecule has 482 valence electrons. The van der Waals surface area contributed by atoms with Crippen LogP contribution in [0.2, 0.25) is 19.6 Å². The molecule has 2 aliphatic heterocycles. The Morgan fingerprint density at radius 1 is 0.333 bits per heavy atom. The van der Waals surface area contributed by atoms with Crippen molar-refractivity contribution in [1.82, 2.24) is 9.13 Å². The monoisotopic (exact) mass is 1320 g/mol. The van der Waals surface area contributed by atoms with E-state index in [1.165, 1.54) is 4.57 Å². The molecule has 15 aromatic rings. The van der Waals surface area contributed by atoms with Gasteiger partial charge in [-0.25, -0.2) is 0 Å². The summed E-state index contributed by atoms with van der Waals surface area (Å²) in [6.07, 6.45) is 0. The second kappa shape index (κ2) is 23.0. The van der Waals surface area contributed by atoms with E-state index in [0.717, 1.165) is 37.9 Å². The van der Waals surface area contributed by atoms with Gasteiger partial charge in [-0.3, -0.25) is 0 Å². The largest absolute Gasteiger partial charge is 0.310 e. The number of anilines is 6. The molecule has 2 aliphatic rings. The van der Waals surface area contributed by atoms with Crippen LogP contribution in [0.1, 0.15) is 108 Å². The van der Waals surface area contributed by atoms with Crippen molar-refractivity contribution in [2.24, 2.45) is 0 Å². The molecule has 0 amide bonds. The lowest BCUT2D eigenvalue weighted by atomic mass is 9.33. The molecule has 6 heteroatoms. The maximum absolute atomic E-state index is 12.0. The fraction of sp³-hybridized carbons (Fsp3) is 0.161. The van der Waals surface area contributed by atoms with Gasteiger partial charge in [0.05, 0.1) is 70.3 Å². The smallest absolute Gasteiger partial charge is 0.251 e. The zero-order valence-electron chi connectivity index (χ0n) is 78.4. The van der Waals surface area contributed by atoms with Crippen LogP contribution in [0.5, 0.6) is 0 Å². The van der Waals surface area contributed by atoms with Crippen molar-refractivity contribution in [3.8, 4) is 55.9 Å². The fourth-order valence-corrected chi connectivity index (χ4v) is 16.3. The van der Waals surface area contributed by atoms with E-state index < -0.39 is 158 Å². The highest BCUT2D eigenvalue weighted by Crippen LogP contribution is 2.56. The molecule has 2 aromatic heterocycles. The quantitative estimate of drug-likeness (QED) is 0.134. The van der Waals surface area contributed by atoms with Gasteiger partial charge in [0.1, 0.15) is 0 Å². The number of fused-ring (bicyclic) bond motifs is 10. The maximum Gasteiger partial charge on any atom is 0.251 e. The van der Waals surface area contributed by atoms with E-state index in [1.807, 2.05) is 146 Å². The summed E-state index contributed by atoms with van der Waals surface area (Å²) >= 11 is 0. The molecule has 0 saturated heterocycles. The number of hydrogen-bond acceptors (Lipinski definition) is 2. The van der Waals surface area contributed by atoms with Crippen molar-refractivity contribution in [1.29, 1.82) is 0 Å². The molecule has 99 heavy (non-hydrogen) atoms. The van der Waals surface area contributed by atoms with Crippen LogP contribution in [0.4, 0.5) is 34.1 Å². The Balaban J connectivity index is 1.20. The van der Waals surface area contributed by atoms with Crippen molar-refractivity contribution in [2.45, 2.75) is 98.2 Å². The average molecular weight is 1320 g/mol. The molecule has 0 fully saturated rings. The molecule has 4 heterocycles. The van der Waals surface area contributed by atoms with Crippen molar-refractivity contribution < 1.29 is 28.8 Å². The van der Waals surface area contributed by atoms with E-state index in [1.54, 1.807) is 0 Å². The minimum Gasteiger partial charge on any atom is -0.310 e. The first-order valence-corrected chi connectivity index (χ1v) is 37.2. The third kappa shape index (κ3) is 10.2. The number of rotatable bonds is 9. The van der Waals surface area contributed by atoms with Crippen molar-refractivity contribution in [3.05, 3.63) is 301 Å². The Labute approximate surface area is 614 Å². The minimum atomic E-state index is -3.55. The molecule has 13 aromatic carbocycles. The highest BCUT2D eigenvalue weighted by Gasteiger charge is 2.49. The molecule has 0 atom stereocenters. The van der Waals surface area contributed by atoms with Crippen molar-refractivity contribution in [2.75, 3.05) is 9.80 Å². The summed E-state index contributed by atoms with van der Waals surface area (Å²) in [6, 6.07) is 38.3. The summed E-state index contributed by atoms with van der Waals surface area (Å²) in [6.45, 7) is 23.5. The number of nitrogens with zero attached hydrogens (tertiary/aromatic N) is 4. The predicted octanol–water partition coefficient (Wildman–Crippen LogP) is 23.1. The number of hydrogen-bond donors (Lipinski definition) is 0. The van der Waals surface area contributed by atoms with Gasteiger partial charge in [-0.05, 0) is 156 Å². The number of benzene rings is 13. The van der Waals surface area contributed by atoms with Gasteiger partial charge in [-0.1, -0.05) is 287 Å². The van der Waals surface area contributed by atoms with Crippen LogP contribution < -0.4 is 31.4 Å². The maximum atomic E-state index is 12.0. The summed E-state index contributed by atoms with van der Waals surface area (Å²) in [5, 5.41) is -0.882. The molecule has 0 aliphatic carbocycles. The van der Waals surface area contributed by atoms with E-state index in [2.05, 4.69) is 104 Å². The van der Waals surface area contributed by atoms with E-state index in [9.17, 15) is 26.0 Å². The topological polar surface area (TPSA) is 16.3 Å². The van der Waals surface area contributed by atoms with Gasteiger partial charge in [0.25, 0.3) is 6.71 Å².